The molecule has 3 rings (SSSR count). The maximum absolute atomic E-state index is 13.3. The first-order chi connectivity index (χ1) is 15.8. The summed E-state index contributed by atoms with van der Waals surface area (Å²) in [6.07, 6.45) is 1.89. The number of unbranched alkanes of at least 4 members (excludes halogenated alkanes) is 1. The van der Waals surface area contributed by atoms with Gasteiger partial charge in [-0.2, -0.15) is 4.31 Å². The highest BCUT2D eigenvalue weighted by atomic mass is 35.5. The number of amides is 1. The second-order valence-electron chi connectivity index (χ2n) is 7.82. The molecule has 1 unspecified atom stereocenters. The summed E-state index contributed by atoms with van der Waals surface area (Å²) in [7, 11) is -3.91. The Morgan fingerprint density at radius 1 is 1.06 bits per heavy atom. The molecule has 7 nitrogen and oxygen atoms in total. The van der Waals surface area contributed by atoms with Crippen LogP contribution in [0.2, 0.25) is 10.0 Å². The number of halogens is 2. The average molecular weight is 512 g/mol. The van der Waals surface area contributed by atoms with Crippen molar-refractivity contribution in [2.75, 3.05) is 32.7 Å². The molecule has 2 aromatic carbocycles. The third-order valence-electron chi connectivity index (χ3n) is 5.51. The van der Waals surface area contributed by atoms with Crippen LogP contribution in [0.5, 0.6) is 0 Å². The summed E-state index contributed by atoms with van der Waals surface area (Å²) in [5, 5.41) is 3.66. The lowest BCUT2D eigenvalue weighted by molar-refractivity contribution is -0.123. The van der Waals surface area contributed by atoms with Gasteiger partial charge < -0.3 is 10.2 Å². The molecule has 178 valence electrons. The van der Waals surface area contributed by atoms with Crippen LogP contribution < -0.4 is 5.32 Å². The van der Waals surface area contributed by atoms with Gasteiger partial charge in [-0.15, -0.1) is 0 Å². The quantitative estimate of drug-likeness (QED) is 0.520. The van der Waals surface area contributed by atoms with Crippen molar-refractivity contribution in [2.45, 2.75) is 30.7 Å². The molecule has 2 aromatic rings. The summed E-state index contributed by atoms with van der Waals surface area (Å²) in [4.78, 5) is 27.8. The van der Waals surface area contributed by atoms with Gasteiger partial charge in [0.25, 0.3) is 5.91 Å². The Balaban J connectivity index is 1.85. The molecular formula is C23H27Cl2N3O4S. The highest BCUT2D eigenvalue weighted by Crippen LogP contribution is 2.26. The van der Waals surface area contributed by atoms with Gasteiger partial charge in [-0.1, -0.05) is 54.7 Å². The molecule has 33 heavy (non-hydrogen) atoms. The zero-order chi connectivity index (χ0) is 24.0. The van der Waals surface area contributed by atoms with E-state index in [4.69, 9.17) is 23.2 Å². The molecule has 1 saturated heterocycles. The van der Waals surface area contributed by atoms with Gasteiger partial charge in [-0.3, -0.25) is 9.59 Å². The lowest BCUT2D eigenvalue weighted by Gasteiger charge is -2.39. The SMILES string of the molecule is CCCCNCC(=O)C1CN(C(=O)c2ccc(Cl)c(Cl)c2)CCN1S(=O)(=O)c1ccccc1. The number of sulfonamides is 1. The number of carbonyl (C=O) groups excluding carboxylic acids is 2. The van der Waals surface area contributed by atoms with E-state index in [2.05, 4.69) is 5.32 Å². The van der Waals surface area contributed by atoms with Crippen molar-refractivity contribution < 1.29 is 18.0 Å². The number of Topliss-reactive ketones (excluding diaryl/α,β-unsaturated/α-hetero) is 1. The second-order valence-corrected chi connectivity index (χ2v) is 10.5. The van der Waals surface area contributed by atoms with Crippen LogP contribution in [0.1, 0.15) is 30.1 Å². The molecule has 1 amide bonds. The minimum Gasteiger partial charge on any atom is -0.335 e. The van der Waals surface area contributed by atoms with E-state index in [0.717, 1.165) is 12.8 Å². The highest BCUT2D eigenvalue weighted by molar-refractivity contribution is 7.89. The molecule has 1 atom stereocenters. The number of nitrogens with zero attached hydrogens (tertiary/aromatic N) is 2. The lowest BCUT2D eigenvalue weighted by Crippen LogP contribution is -2.60. The molecule has 1 aliphatic heterocycles. The first kappa shape index (κ1) is 25.6. The Morgan fingerprint density at radius 2 is 1.79 bits per heavy atom. The van der Waals surface area contributed by atoms with E-state index in [1.165, 1.54) is 33.5 Å². The lowest BCUT2D eigenvalue weighted by atomic mass is 10.1. The van der Waals surface area contributed by atoms with Crippen LogP contribution in [0, 0.1) is 0 Å². The molecule has 0 saturated carbocycles. The Kier molecular flexibility index (Phi) is 8.89. The number of hydrogen-bond acceptors (Lipinski definition) is 5. The molecular weight excluding hydrogens is 485 g/mol. The van der Waals surface area contributed by atoms with E-state index in [1.54, 1.807) is 24.3 Å². The minimum atomic E-state index is -3.91. The van der Waals surface area contributed by atoms with Gasteiger partial charge in [0.05, 0.1) is 21.5 Å². The van der Waals surface area contributed by atoms with E-state index in [-0.39, 0.29) is 47.8 Å². The maximum Gasteiger partial charge on any atom is 0.254 e. The third-order valence-corrected chi connectivity index (χ3v) is 8.17. The molecule has 0 radical (unpaired) electrons. The van der Waals surface area contributed by atoms with Crippen molar-refractivity contribution in [1.82, 2.24) is 14.5 Å². The van der Waals surface area contributed by atoms with Gasteiger partial charge in [-0.25, -0.2) is 8.42 Å². The predicted molar refractivity (Wildman–Crippen MR) is 129 cm³/mol. The number of benzene rings is 2. The Labute approximate surface area is 204 Å². The average Bonchev–Trinajstić information content (AvgIpc) is 2.83. The van der Waals surface area contributed by atoms with Crippen LogP contribution >= 0.6 is 23.2 Å². The van der Waals surface area contributed by atoms with Crippen molar-refractivity contribution in [3.05, 3.63) is 64.1 Å². The van der Waals surface area contributed by atoms with Crippen LogP contribution in [0.25, 0.3) is 0 Å². The van der Waals surface area contributed by atoms with Crippen LogP contribution in [-0.2, 0) is 14.8 Å². The first-order valence-corrected chi connectivity index (χ1v) is 13.0. The number of hydrogen-bond donors (Lipinski definition) is 1. The summed E-state index contributed by atoms with van der Waals surface area (Å²) in [6.45, 7) is 2.85. The third kappa shape index (κ3) is 6.13. The fourth-order valence-electron chi connectivity index (χ4n) is 3.67. The van der Waals surface area contributed by atoms with E-state index in [0.29, 0.717) is 17.1 Å². The topological polar surface area (TPSA) is 86.8 Å². The number of rotatable bonds is 9. The number of ketones is 1. The van der Waals surface area contributed by atoms with Crippen molar-refractivity contribution in [3.63, 3.8) is 0 Å². The molecule has 10 heteroatoms. The summed E-state index contributed by atoms with van der Waals surface area (Å²) >= 11 is 12.0. The first-order valence-electron chi connectivity index (χ1n) is 10.8. The van der Waals surface area contributed by atoms with Crippen molar-refractivity contribution >= 4 is 44.9 Å². The molecule has 1 N–H and O–H groups in total. The van der Waals surface area contributed by atoms with Crippen LogP contribution in [0.15, 0.2) is 53.4 Å². The normalized spacial score (nSPS) is 17.2. The number of nitrogens with one attached hydrogen (secondary N) is 1. The van der Waals surface area contributed by atoms with Crippen LogP contribution in [0.4, 0.5) is 0 Å². The predicted octanol–water partition coefficient (Wildman–Crippen LogP) is 3.47. The Morgan fingerprint density at radius 3 is 2.45 bits per heavy atom. The van der Waals surface area contributed by atoms with Gasteiger partial charge in [0.15, 0.2) is 5.78 Å². The van der Waals surface area contributed by atoms with Gasteiger partial charge in [0, 0.05) is 25.2 Å². The molecule has 0 aromatic heterocycles. The second kappa shape index (κ2) is 11.4. The molecule has 0 spiro atoms. The number of carbonyl (C=O) groups is 2. The van der Waals surface area contributed by atoms with Crippen LogP contribution in [-0.4, -0.2) is 68.1 Å². The zero-order valence-corrected chi connectivity index (χ0v) is 20.7. The summed E-state index contributed by atoms with van der Waals surface area (Å²) < 4.78 is 27.9. The molecule has 0 bridgehead atoms. The molecule has 0 aliphatic carbocycles. The van der Waals surface area contributed by atoms with E-state index in [1.807, 2.05) is 6.92 Å². The van der Waals surface area contributed by atoms with Gasteiger partial charge in [0.2, 0.25) is 10.0 Å². The van der Waals surface area contributed by atoms with Gasteiger partial charge in [0.1, 0.15) is 6.04 Å². The monoisotopic (exact) mass is 511 g/mol. The summed E-state index contributed by atoms with van der Waals surface area (Å²) in [6, 6.07) is 11.6. The van der Waals surface area contributed by atoms with Gasteiger partial charge in [-0.05, 0) is 43.3 Å². The molecule has 1 heterocycles. The zero-order valence-electron chi connectivity index (χ0n) is 18.3. The van der Waals surface area contributed by atoms with Crippen LogP contribution in [0.3, 0.4) is 0 Å². The molecule has 1 fully saturated rings. The van der Waals surface area contributed by atoms with Crippen molar-refractivity contribution in [1.29, 1.82) is 0 Å². The maximum atomic E-state index is 13.3. The smallest absolute Gasteiger partial charge is 0.254 e. The minimum absolute atomic E-state index is 0.00958. The number of piperazine rings is 1. The van der Waals surface area contributed by atoms with Crippen molar-refractivity contribution in [3.8, 4) is 0 Å². The van der Waals surface area contributed by atoms with Gasteiger partial charge >= 0.3 is 0 Å². The largest absolute Gasteiger partial charge is 0.335 e. The Hall–Kier alpha value is -1.97. The van der Waals surface area contributed by atoms with E-state index in [9.17, 15) is 18.0 Å². The highest BCUT2D eigenvalue weighted by Gasteiger charge is 2.41. The summed E-state index contributed by atoms with van der Waals surface area (Å²) in [5.41, 5.74) is 0.330. The Bertz CT molecular complexity index is 1100. The fraction of sp³-hybridized carbons (Fsp3) is 0.391. The van der Waals surface area contributed by atoms with E-state index >= 15 is 0 Å². The molecule has 1 aliphatic rings. The van der Waals surface area contributed by atoms with E-state index < -0.39 is 16.1 Å². The standard InChI is InChI=1S/C23H27Cl2N3O4S/c1-2-3-11-26-15-22(29)21-16-27(23(30)17-9-10-19(24)20(25)14-17)12-13-28(21)33(31,32)18-7-5-4-6-8-18/h4-10,14,21,26H,2-3,11-13,15-16H2,1H3. The van der Waals surface area contributed by atoms with Crippen molar-refractivity contribution in [2.24, 2.45) is 0 Å². The summed E-state index contributed by atoms with van der Waals surface area (Å²) in [5.74, 6) is -0.612. The fourth-order valence-corrected chi connectivity index (χ4v) is 5.58.